The fourth-order valence-corrected chi connectivity index (χ4v) is 3.03. The molecule has 21 heavy (non-hydrogen) atoms. The molecule has 1 aromatic carbocycles. The second-order valence-corrected chi connectivity index (χ2v) is 6.69. The van der Waals surface area contributed by atoms with Crippen LogP contribution >= 0.6 is 11.6 Å². The molecular formula is C13H16ClN3O3S. The molecular weight excluding hydrogens is 314 g/mol. The average Bonchev–Trinajstić information content (AvgIpc) is 2.48. The van der Waals surface area contributed by atoms with E-state index >= 15 is 0 Å². The second-order valence-electron chi connectivity index (χ2n) is 4.50. The van der Waals surface area contributed by atoms with Crippen molar-refractivity contribution in [3.63, 3.8) is 0 Å². The zero-order valence-corrected chi connectivity index (χ0v) is 13.0. The maximum Gasteiger partial charge on any atom is 0.301 e. The van der Waals surface area contributed by atoms with Gasteiger partial charge in [-0.3, -0.25) is 9.71 Å². The van der Waals surface area contributed by atoms with Gasteiger partial charge in [-0.2, -0.15) is 12.7 Å². The van der Waals surface area contributed by atoms with E-state index in [0.717, 1.165) is 4.31 Å². The zero-order valence-electron chi connectivity index (χ0n) is 11.5. The van der Waals surface area contributed by atoms with Gasteiger partial charge in [0.2, 0.25) is 0 Å². The third-order valence-electron chi connectivity index (χ3n) is 3.00. The first-order valence-corrected chi connectivity index (χ1v) is 8.15. The third kappa shape index (κ3) is 3.62. The summed E-state index contributed by atoms with van der Waals surface area (Å²) in [4.78, 5) is 4.18. The van der Waals surface area contributed by atoms with Crippen LogP contribution < -0.4 is 4.72 Å². The van der Waals surface area contributed by atoms with Crippen LogP contribution in [0.2, 0.25) is 5.02 Å². The molecule has 0 atom stereocenters. The van der Waals surface area contributed by atoms with Gasteiger partial charge < -0.3 is 5.11 Å². The number of aliphatic hydroxyl groups excluding tert-OH is 1. The number of aromatic nitrogens is 1. The number of fused-ring (bicyclic) bond motifs is 1. The van der Waals surface area contributed by atoms with Gasteiger partial charge >= 0.3 is 10.2 Å². The minimum atomic E-state index is -3.70. The molecule has 114 valence electrons. The number of anilines is 1. The molecule has 0 aliphatic carbocycles. The summed E-state index contributed by atoms with van der Waals surface area (Å²) in [5.41, 5.74) is 0.856. The van der Waals surface area contributed by atoms with Crippen LogP contribution in [-0.2, 0) is 10.2 Å². The molecule has 6 nitrogen and oxygen atoms in total. The fourth-order valence-electron chi connectivity index (χ4n) is 1.85. The number of rotatable bonds is 6. The maximum atomic E-state index is 12.2. The molecule has 0 saturated heterocycles. The number of halogens is 1. The van der Waals surface area contributed by atoms with E-state index in [1.54, 1.807) is 30.5 Å². The molecule has 2 rings (SSSR count). The monoisotopic (exact) mass is 329 g/mol. The SMILES string of the molecule is CN(CCCO)S(=O)(=O)Nc1ccc(Cl)c2cccnc12. The normalized spacial score (nSPS) is 12.0. The summed E-state index contributed by atoms with van der Waals surface area (Å²) in [5.74, 6) is 0. The first-order valence-electron chi connectivity index (χ1n) is 6.34. The van der Waals surface area contributed by atoms with Crippen molar-refractivity contribution in [1.82, 2.24) is 9.29 Å². The Hall–Kier alpha value is -1.41. The molecule has 1 aromatic heterocycles. The van der Waals surface area contributed by atoms with E-state index in [1.807, 2.05) is 0 Å². The second kappa shape index (κ2) is 6.57. The Morgan fingerprint density at radius 2 is 2.14 bits per heavy atom. The summed E-state index contributed by atoms with van der Waals surface area (Å²) in [5, 5.41) is 9.96. The predicted molar refractivity (Wildman–Crippen MR) is 83.6 cm³/mol. The minimum absolute atomic E-state index is 0.0642. The van der Waals surface area contributed by atoms with Crippen molar-refractivity contribution in [3.05, 3.63) is 35.5 Å². The van der Waals surface area contributed by atoms with Crippen LogP contribution in [0.1, 0.15) is 6.42 Å². The Morgan fingerprint density at radius 3 is 2.86 bits per heavy atom. The average molecular weight is 330 g/mol. The van der Waals surface area contributed by atoms with Crippen molar-refractivity contribution in [2.24, 2.45) is 0 Å². The van der Waals surface area contributed by atoms with Crippen LogP contribution in [0.25, 0.3) is 10.9 Å². The highest BCUT2D eigenvalue weighted by atomic mass is 35.5. The number of hydrogen-bond acceptors (Lipinski definition) is 4. The van der Waals surface area contributed by atoms with Crippen LogP contribution in [0.4, 0.5) is 5.69 Å². The van der Waals surface area contributed by atoms with Crippen LogP contribution in [-0.4, -0.2) is 43.0 Å². The van der Waals surface area contributed by atoms with Gasteiger partial charge in [0.25, 0.3) is 0 Å². The van der Waals surface area contributed by atoms with Crippen molar-refractivity contribution in [2.45, 2.75) is 6.42 Å². The summed E-state index contributed by atoms with van der Waals surface area (Å²) < 4.78 is 28.1. The number of pyridine rings is 1. The summed E-state index contributed by atoms with van der Waals surface area (Å²) in [7, 11) is -2.25. The maximum absolute atomic E-state index is 12.2. The Morgan fingerprint density at radius 1 is 1.38 bits per heavy atom. The van der Waals surface area contributed by atoms with Gasteiger partial charge in [-0.25, -0.2) is 0 Å². The lowest BCUT2D eigenvalue weighted by atomic mass is 10.2. The molecule has 0 unspecified atom stereocenters. The quantitative estimate of drug-likeness (QED) is 0.847. The molecule has 2 aromatic rings. The van der Waals surface area contributed by atoms with Crippen molar-refractivity contribution >= 4 is 38.4 Å². The summed E-state index contributed by atoms with van der Waals surface area (Å²) in [6.45, 7) is 0.163. The van der Waals surface area contributed by atoms with E-state index in [0.29, 0.717) is 28.0 Å². The molecule has 0 fully saturated rings. The summed E-state index contributed by atoms with van der Waals surface area (Å²) >= 11 is 6.08. The topological polar surface area (TPSA) is 82.5 Å². The summed E-state index contributed by atoms with van der Waals surface area (Å²) in [6, 6.07) is 6.71. The van der Waals surface area contributed by atoms with E-state index in [1.165, 1.54) is 7.05 Å². The molecule has 0 saturated carbocycles. The number of hydrogen-bond donors (Lipinski definition) is 2. The van der Waals surface area contributed by atoms with Crippen LogP contribution in [0.15, 0.2) is 30.5 Å². The standard InChI is InChI=1S/C13H16ClN3O3S/c1-17(8-3-9-18)21(19,20)16-12-6-5-11(14)10-4-2-7-15-13(10)12/h2,4-7,16,18H,3,8-9H2,1H3. The number of nitrogens with zero attached hydrogens (tertiary/aromatic N) is 2. The van der Waals surface area contributed by atoms with Gasteiger partial charge in [-0.1, -0.05) is 11.6 Å². The molecule has 0 amide bonds. The van der Waals surface area contributed by atoms with Crippen LogP contribution in [0, 0.1) is 0 Å². The lowest BCUT2D eigenvalue weighted by molar-refractivity contribution is 0.276. The van der Waals surface area contributed by atoms with E-state index in [4.69, 9.17) is 16.7 Å². The summed E-state index contributed by atoms with van der Waals surface area (Å²) in [6.07, 6.45) is 1.95. The van der Waals surface area contributed by atoms with Crippen LogP contribution in [0.3, 0.4) is 0 Å². The van der Waals surface area contributed by atoms with E-state index < -0.39 is 10.2 Å². The molecule has 0 bridgehead atoms. The number of nitrogens with one attached hydrogen (secondary N) is 1. The van der Waals surface area contributed by atoms with Gasteiger partial charge in [0.05, 0.1) is 16.2 Å². The third-order valence-corrected chi connectivity index (χ3v) is 4.81. The van der Waals surface area contributed by atoms with Gasteiger partial charge in [-0.05, 0) is 30.7 Å². The van der Waals surface area contributed by atoms with Crippen LogP contribution in [0.5, 0.6) is 0 Å². The highest BCUT2D eigenvalue weighted by Gasteiger charge is 2.18. The van der Waals surface area contributed by atoms with Crippen molar-refractivity contribution in [2.75, 3.05) is 24.9 Å². The van der Waals surface area contributed by atoms with Gasteiger partial charge in [-0.15, -0.1) is 0 Å². The Labute approximate surface area is 128 Å². The Kier molecular flexibility index (Phi) is 5.00. The Balaban J connectivity index is 2.34. The number of aliphatic hydroxyl groups is 1. The molecule has 2 N–H and O–H groups in total. The zero-order chi connectivity index (χ0) is 15.5. The molecule has 0 spiro atoms. The fraction of sp³-hybridized carbons (Fsp3) is 0.308. The minimum Gasteiger partial charge on any atom is -0.396 e. The first kappa shape index (κ1) is 16.0. The van der Waals surface area contributed by atoms with Crippen molar-refractivity contribution in [1.29, 1.82) is 0 Å². The largest absolute Gasteiger partial charge is 0.396 e. The van der Waals surface area contributed by atoms with Gasteiger partial charge in [0.1, 0.15) is 0 Å². The number of benzene rings is 1. The first-order chi connectivity index (χ1) is 9.95. The van der Waals surface area contributed by atoms with E-state index in [-0.39, 0.29) is 13.2 Å². The smallest absolute Gasteiger partial charge is 0.301 e. The molecule has 0 aliphatic rings. The lowest BCUT2D eigenvalue weighted by Crippen LogP contribution is -2.33. The van der Waals surface area contributed by atoms with Crippen molar-refractivity contribution in [3.8, 4) is 0 Å². The molecule has 0 aliphatic heterocycles. The highest BCUT2D eigenvalue weighted by Crippen LogP contribution is 2.28. The highest BCUT2D eigenvalue weighted by molar-refractivity contribution is 7.90. The molecule has 1 heterocycles. The van der Waals surface area contributed by atoms with Gasteiger partial charge in [0, 0.05) is 31.8 Å². The Bertz CT molecular complexity index is 737. The molecule has 0 radical (unpaired) electrons. The van der Waals surface area contributed by atoms with E-state index in [2.05, 4.69) is 9.71 Å². The lowest BCUT2D eigenvalue weighted by Gasteiger charge is -2.18. The van der Waals surface area contributed by atoms with E-state index in [9.17, 15) is 8.42 Å². The van der Waals surface area contributed by atoms with Gasteiger partial charge in [0.15, 0.2) is 0 Å². The van der Waals surface area contributed by atoms with Crippen molar-refractivity contribution < 1.29 is 13.5 Å². The molecule has 8 heteroatoms. The predicted octanol–water partition coefficient (Wildman–Crippen LogP) is 1.86.